The van der Waals surface area contributed by atoms with Gasteiger partial charge in [0.2, 0.25) is 5.91 Å². The summed E-state index contributed by atoms with van der Waals surface area (Å²) in [7, 11) is 0. The molecule has 0 bridgehead atoms. The van der Waals surface area contributed by atoms with E-state index in [4.69, 9.17) is 11.6 Å². The molecule has 0 radical (unpaired) electrons. The summed E-state index contributed by atoms with van der Waals surface area (Å²) in [4.78, 5) is 29.8. The Morgan fingerprint density at radius 2 is 1.88 bits per heavy atom. The van der Waals surface area contributed by atoms with Gasteiger partial charge in [-0.1, -0.05) is 17.7 Å². The third-order valence-corrected chi connectivity index (χ3v) is 6.39. The van der Waals surface area contributed by atoms with Crippen molar-refractivity contribution in [2.45, 2.75) is 6.54 Å². The van der Waals surface area contributed by atoms with E-state index < -0.39 is 5.56 Å². The van der Waals surface area contributed by atoms with Gasteiger partial charge in [0.25, 0.3) is 5.56 Å². The summed E-state index contributed by atoms with van der Waals surface area (Å²) in [5.74, 6) is -0.652. The SMILES string of the molecule is O=C(Cn1ncn2c(cc3cc(F)ccc32)c1=O)NCCN1CCN(c2cccc(Cl)c2)CC1. The molecule has 4 aromatic rings. The monoisotopic (exact) mass is 482 g/mol. The van der Waals surface area contributed by atoms with Crippen LogP contribution in [0.3, 0.4) is 0 Å². The molecule has 0 unspecified atom stereocenters. The number of nitrogens with zero attached hydrogens (tertiary/aromatic N) is 5. The standard InChI is InChI=1S/C24H24ClFN6O2/c25-18-2-1-3-20(14-18)30-10-8-29(9-11-30)7-6-27-23(33)15-32-24(34)22-13-17-12-19(26)4-5-21(17)31(22)16-28-32/h1-5,12-14,16H,6-11,15H2,(H,27,33). The normalized spacial score (nSPS) is 14.7. The van der Waals surface area contributed by atoms with E-state index in [-0.39, 0.29) is 18.3 Å². The molecule has 2 aromatic carbocycles. The predicted molar refractivity (Wildman–Crippen MR) is 130 cm³/mol. The minimum Gasteiger partial charge on any atom is -0.369 e. The Labute approximate surface area is 200 Å². The first kappa shape index (κ1) is 22.4. The van der Waals surface area contributed by atoms with Crippen molar-refractivity contribution in [3.05, 3.63) is 76.1 Å². The number of benzene rings is 2. The first-order valence-electron chi connectivity index (χ1n) is 11.1. The van der Waals surface area contributed by atoms with Crippen LogP contribution >= 0.6 is 11.6 Å². The topological polar surface area (TPSA) is 74.9 Å². The van der Waals surface area contributed by atoms with Gasteiger partial charge in [-0.05, 0) is 42.5 Å². The summed E-state index contributed by atoms with van der Waals surface area (Å²) in [6.07, 6.45) is 1.48. The van der Waals surface area contributed by atoms with Crippen LogP contribution in [0.1, 0.15) is 0 Å². The summed E-state index contributed by atoms with van der Waals surface area (Å²) in [5, 5.41) is 8.33. The van der Waals surface area contributed by atoms with E-state index in [0.717, 1.165) is 48.1 Å². The summed E-state index contributed by atoms with van der Waals surface area (Å²) >= 11 is 6.09. The Hall–Kier alpha value is -3.43. The van der Waals surface area contributed by atoms with E-state index in [1.54, 1.807) is 16.5 Å². The minimum atomic E-state index is -0.397. The number of carbonyl (C=O) groups is 1. The molecule has 5 rings (SSSR count). The van der Waals surface area contributed by atoms with Crippen molar-refractivity contribution in [2.75, 3.05) is 44.2 Å². The maximum absolute atomic E-state index is 13.5. The quantitative estimate of drug-likeness (QED) is 0.457. The average molecular weight is 483 g/mol. The van der Waals surface area contributed by atoms with Crippen molar-refractivity contribution in [2.24, 2.45) is 0 Å². The fourth-order valence-corrected chi connectivity index (χ4v) is 4.54. The molecule has 1 saturated heterocycles. The smallest absolute Gasteiger partial charge is 0.291 e. The third kappa shape index (κ3) is 4.62. The molecule has 0 saturated carbocycles. The van der Waals surface area contributed by atoms with E-state index in [9.17, 15) is 14.0 Å². The molecule has 0 spiro atoms. The largest absolute Gasteiger partial charge is 0.369 e. The summed E-state index contributed by atoms with van der Waals surface area (Å²) < 4.78 is 16.2. The highest BCUT2D eigenvalue weighted by Gasteiger charge is 2.17. The molecule has 1 amide bonds. The average Bonchev–Trinajstić information content (AvgIpc) is 3.20. The Kier molecular flexibility index (Phi) is 6.21. The Bertz CT molecular complexity index is 1410. The molecule has 10 heteroatoms. The lowest BCUT2D eigenvalue weighted by molar-refractivity contribution is -0.121. The predicted octanol–water partition coefficient (Wildman–Crippen LogP) is 2.38. The Balaban J connectivity index is 1.14. The molecule has 1 aliphatic rings. The molecule has 1 aliphatic heterocycles. The van der Waals surface area contributed by atoms with Crippen LogP contribution in [0.25, 0.3) is 16.4 Å². The number of anilines is 1. The zero-order chi connectivity index (χ0) is 23.7. The van der Waals surface area contributed by atoms with Crippen LogP contribution < -0.4 is 15.8 Å². The highest BCUT2D eigenvalue weighted by atomic mass is 35.5. The second kappa shape index (κ2) is 9.44. The molecule has 8 nitrogen and oxygen atoms in total. The first-order chi connectivity index (χ1) is 16.5. The van der Waals surface area contributed by atoms with Crippen molar-refractivity contribution in [1.82, 2.24) is 24.4 Å². The lowest BCUT2D eigenvalue weighted by Gasteiger charge is -2.36. The molecule has 0 aliphatic carbocycles. The van der Waals surface area contributed by atoms with Crippen LogP contribution in [0.5, 0.6) is 0 Å². The van der Waals surface area contributed by atoms with Crippen LogP contribution in [0.15, 0.2) is 59.7 Å². The number of halogens is 2. The van der Waals surface area contributed by atoms with Gasteiger partial charge in [0.05, 0.1) is 5.52 Å². The van der Waals surface area contributed by atoms with Gasteiger partial charge in [-0.15, -0.1) is 0 Å². The maximum atomic E-state index is 13.5. The lowest BCUT2D eigenvalue weighted by Crippen LogP contribution is -2.48. The molecule has 176 valence electrons. The van der Waals surface area contributed by atoms with Crippen LogP contribution in [0.4, 0.5) is 10.1 Å². The summed E-state index contributed by atoms with van der Waals surface area (Å²) in [6.45, 7) is 4.61. The number of piperazine rings is 1. The van der Waals surface area contributed by atoms with Crippen molar-refractivity contribution < 1.29 is 9.18 Å². The molecular formula is C24H24ClFN6O2. The second-order valence-corrected chi connectivity index (χ2v) is 8.79. The van der Waals surface area contributed by atoms with E-state index in [1.807, 2.05) is 18.2 Å². The Morgan fingerprint density at radius 3 is 2.68 bits per heavy atom. The van der Waals surface area contributed by atoms with Gasteiger partial charge < -0.3 is 10.2 Å². The van der Waals surface area contributed by atoms with Crippen LogP contribution in [-0.4, -0.2) is 64.3 Å². The Morgan fingerprint density at radius 1 is 1.06 bits per heavy atom. The first-order valence-corrected chi connectivity index (χ1v) is 11.5. The van der Waals surface area contributed by atoms with Crippen LogP contribution in [0, 0.1) is 5.82 Å². The van der Waals surface area contributed by atoms with E-state index >= 15 is 0 Å². The van der Waals surface area contributed by atoms with Crippen LogP contribution in [-0.2, 0) is 11.3 Å². The fraction of sp³-hybridized carbons (Fsp3) is 0.292. The molecule has 1 fully saturated rings. The fourth-order valence-electron chi connectivity index (χ4n) is 4.36. The summed E-state index contributed by atoms with van der Waals surface area (Å²) in [6, 6.07) is 13.8. The van der Waals surface area contributed by atoms with Crippen molar-refractivity contribution in [1.29, 1.82) is 0 Å². The van der Waals surface area contributed by atoms with Gasteiger partial charge >= 0.3 is 0 Å². The number of amides is 1. The van der Waals surface area contributed by atoms with Crippen LogP contribution in [0.2, 0.25) is 5.02 Å². The number of rotatable bonds is 6. The molecule has 2 aromatic heterocycles. The number of hydrogen-bond acceptors (Lipinski definition) is 5. The van der Waals surface area contributed by atoms with Gasteiger partial charge in [0.1, 0.15) is 24.2 Å². The van der Waals surface area contributed by atoms with E-state index in [0.29, 0.717) is 23.0 Å². The van der Waals surface area contributed by atoms with Gasteiger partial charge in [-0.2, -0.15) is 5.10 Å². The van der Waals surface area contributed by atoms with Gasteiger partial charge in [-0.3, -0.25) is 18.9 Å². The van der Waals surface area contributed by atoms with Crippen molar-refractivity contribution >= 4 is 39.6 Å². The summed E-state index contributed by atoms with van der Waals surface area (Å²) in [5.41, 5.74) is 1.76. The van der Waals surface area contributed by atoms with E-state index in [2.05, 4.69) is 26.3 Å². The zero-order valence-corrected chi connectivity index (χ0v) is 19.2. The number of aromatic nitrogens is 3. The minimum absolute atomic E-state index is 0.173. The molecule has 0 atom stereocenters. The number of fused-ring (bicyclic) bond motifs is 3. The number of carbonyl (C=O) groups excluding carboxylic acids is 1. The maximum Gasteiger partial charge on any atom is 0.291 e. The highest BCUT2D eigenvalue weighted by molar-refractivity contribution is 6.30. The molecule has 1 N–H and O–H groups in total. The van der Waals surface area contributed by atoms with Gasteiger partial charge in [0, 0.05) is 55.4 Å². The van der Waals surface area contributed by atoms with Gasteiger partial charge in [0.15, 0.2) is 0 Å². The molecular weight excluding hydrogens is 459 g/mol. The van der Waals surface area contributed by atoms with Gasteiger partial charge in [-0.25, -0.2) is 9.07 Å². The molecule has 34 heavy (non-hydrogen) atoms. The van der Waals surface area contributed by atoms with Crippen molar-refractivity contribution in [3.63, 3.8) is 0 Å². The molecule has 3 heterocycles. The highest BCUT2D eigenvalue weighted by Crippen LogP contribution is 2.21. The number of nitrogens with one attached hydrogen (secondary N) is 1. The second-order valence-electron chi connectivity index (χ2n) is 8.35. The number of hydrogen-bond donors (Lipinski definition) is 1. The zero-order valence-electron chi connectivity index (χ0n) is 18.5. The van der Waals surface area contributed by atoms with E-state index in [1.165, 1.54) is 18.5 Å². The third-order valence-electron chi connectivity index (χ3n) is 6.15. The van der Waals surface area contributed by atoms with Crippen molar-refractivity contribution in [3.8, 4) is 0 Å². The lowest BCUT2D eigenvalue weighted by atomic mass is 10.2.